The van der Waals surface area contributed by atoms with Crippen LogP contribution in [0.5, 0.6) is 5.75 Å². The largest absolute Gasteiger partial charge is 0.496 e. The smallest absolute Gasteiger partial charge is 0.317 e. The fraction of sp³-hybridized carbons (Fsp3) is 0.556. The summed E-state index contributed by atoms with van der Waals surface area (Å²) in [7, 11) is 1.61. The second-order valence-corrected chi connectivity index (χ2v) is 6.06. The van der Waals surface area contributed by atoms with Crippen LogP contribution in [0.1, 0.15) is 31.2 Å². The molecule has 138 valence electrons. The van der Waals surface area contributed by atoms with Gasteiger partial charge in [0.25, 0.3) is 0 Å². The van der Waals surface area contributed by atoms with Gasteiger partial charge in [-0.25, -0.2) is 4.79 Å². The zero-order chi connectivity index (χ0) is 18.1. The highest BCUT2D eigenvalue weighted by Gasteiger charge is 2.23. The van der Waals surface area contributed by atoms with Crippen LogP contribution < -0.4 is 10.1 Å². The molecule has 1 atom stereocenters. The second-order valence-electron chi connectivity index (χ2n) is 6.06. The van der Waals surface area contributed by atoms with E-state index < -0.39 is 5.97 Å². The Labute approximate surface area is 147 Å². The summed E-state index contributed by atoms with van der Waals surface area (Å²) in [6.07, 6.45) is 2.43. The van der Waals surface area contributed by atoms with E-state index in [4.69, 9.17) is 14.6 Å². The topological polar surface area (TPSA) is 88.1 Å². The van der Waals surface area contributed by atoms with E-state index >= 15 is 0 Å². The van der Waals surface area contributed by atoms with Crippen molar-refractivity contribution in [2.24, 2.45) is 0 Å². The molecule has 0 saturated carbocycles. The SMILES string of the molecule is COc1ccccc1CN(CC1CCCO1)C(=O)NCCCC(=O)O. The molecule has 1 aliphatic rings. The number of carboxylic acid groups (broad SMARTS) is 1. The van der Waals surface area contributed by atoms with E-state index in [-0.39, 0.29) is 18.6 Å². The van der Waals surface area contributed by atoms with Crippen LogP contribution in [0.4, 0.5) is 4.79 Å². The molecule has 0 aliphatic carbocycles. The van der Waals surface area contributed by atoms with Gasteiger partial charge in [0.2, 0.25) is 0 Å². The molecule has 2 amide bonds. The Morgan fingerprint density at radius 1 is 1.40 bits per heavy atom. The van der Waals surface area contributed by atoms with E-state index in [2.05, 4.69) is 5.32 Å². The molecule has 0 bridgehead atoms. The van der Waals surface area contributed by atoms with Gasteiger partial charge in [-0.2, -0.15) is 0 Å². The third kappa shape index (κ3) is 6.26. The van der Waals surface area contributed by atoms with E-state index in [9.17, 15) is 9.59 Å². The summed E-state index contributed by atoms with van der Waals surface area (Å²) < 4.78 is 11.0. The van der Waals surface area contributed by atoms with Crippen LogP contribution in [-0.2, 0) is 16.1 Å². The number of carbonyl (C=O) groups is 2. The van der Waals surface area contributed by atoms with Crippen LogP contribution in [0.25, 0.3) is 0 Å². The number of amides is 2. The van der Waals surface area contributed by atoms with Gasteiger partial charge in [-0.1, -0.05) is 18.2 Å². The molecule has 2 N–H and O–H groups in total. The van der Waals surface area contributed by atoms with Crippen molar-refractivity contribution >= 4 is 12.0 Å². The standard InChI is InChI=1S/C18H26N2O5/c1-24-16-8-3-2-6-14(16)12-20(13-15-7-5-11-25-15)18(23)19-10-4-9-17(21)22/h2-3,6,8,15H,4-5,7,9-13H2,1H3,(H,19,23)(H,21,22). The Morgan fingerprint density at radius 2 is 2.20 bits per heavy atom. The Bertz CT molecular complexity index is 572. The highest BCUT2D eigenvalue weighted by Crippen LogP contribution is 2.21. The fourth-order valence-electron chi connectivity index (χ4n) is 2.84. The average Bonchev–Trinajstić information content (AvgIpc) is 3.11. The van der Waals surface area contributed by atoms with Crippen LogP contribution >= 0.6 is 0 Å². The van der Waals surface area contributed by atoms with Crippen molar-refractivity contribution in [2.75, 3.05) is 26.8 Å². The van der Waals surface area contributed by atoms with Crippen molar-refractivity contribution < 1.29 is 24.2 Å². The van der Waals surface area contributed by atoms with E-state index in [0.29, 0.717) is 26.1 Å². The molecule has 0 radical (unpaired) electrons. The number of hydrogen-bond donors (Lipinski definition) is 2. The number of aliphatic carboxylic acids is 1. The first-order chi connectivity index (χ1) is 12.1. The van der Waals surface area contributed by atoms with E-state index in [0.717, 1.165) is 30.8 Å². The summed E-state index contributed by atoms with van der Waals surface area (Å²) >= 11 is 0. The number of ether oxygens (including phenoxy) is 2. The predicted molar refractivity (Wildman–Crippen MR) is 92.6 cm³/mol. The lowest BCUT2D eigenvalue weighted by molar-refractivity contribution is -0.137. The van der Waals surface area contributed by atoms with Crippen molar-refractivity contribution in [1.29, 1.82) is 0 Å². The third-order valence-electron chi connectivity index (χ3n) is 4.13. The molecule has 1 heterocycles. The molecular weight excluding hydrogens is 324 g/mol. The molecule has 1 aromatic carbocycles. The molecule has 7 heteroatoms. The maximum atomic E-state index is 12.6. The highest BCUT2D eigenvalue weighted by atomic mass is 16.5. The maximum absolute atomic E-state index is 12.6. The minimum absolute atomic E-state index is 0.0402. The number of benzene rings is 1. The van der Waals surface area contributed by atoms with Crippen LogP contribution in [0, 0.1) is 0 Å². The number of nitrogens with one attached hydrogen (secondary N) is 1. The average molecular weight is 350 g/mol. The van der Waals surface area contributed by atoms with Crippen LogP contribution in [0.3, 0.4) is 0 Å². The van der Waals surface area contributed by atoms with Crippen LogP contribution in [-0.4, -0.2) is 54.9 Å². The Hall–Kier alpha value is -2.28. The Kier molecular flexibility index (Phi) is 7.53. The van der Waals surface area contributed by atoms with Crippen molar-refractivity contribution in [3.8, 4) is 5.75 Å². The molecule has 1 aromatic rings. The van der Waals surface area contributed by atoms with Gasteiger partial charge in [0.05, 0.1) is 19.8 Å². The lowest BCUT2D eigenvalue weighted by Gasteiger charge is -2.26. The van der Waals surface area contributed by atoms with Crippen molar-refractivity contribution in [3.63, 3.8) is 0 Å². The molecule has 25 heavy (non-hydrogen) atoms. The number of nitrogens with zero attached hydrogens (tertiary/aromatic N) is 1. The van der Waals surface area contributed by atoms with E-state index in [1.807, 2.05) is 24.3 Å². The van der Waals surface area contributed by atoms with Gasteiger partial charge in [-0.05, 0) is 25.3 Å². The summed E-state index contributed by atoms with van der Waals surface area (Å²) in [5, 5.41) is 11.5. The zero-order valence-electron chi connectivity index (χ0n) is 14.6. The first kappa shape index (κ1) is 19.1. The number of methoxy groups -OCH3 is 1. The second kappa shape index (κ2) is 9.88. The highest BCUT2D eigenvalue weighted by molar-refractivity contribution is 5.74. The van der Waals surface area contributed by atoms with E-state index in [1.54, 1.807) is 12.0 Å². The van der Waals surface area contributed by atoms with Crippen molar-refractivity contribution in [3.05, 3.63) is 29.8 Å². The monoisotopic (exact) mass is 350 g/mol. The molecule has 0 aromatic heterocycles. The molecule has 1 saturated heterocycles. The summed E-state index contributed by atoms with van der Waals surface area (Å²) in [6, 6.07) is 7.38. The first-order valence-electron chi connectivity index (χ1n) is 8.58. The number of urea groups is 1. The number of para-hydroxylation sites is 1. The van der Waals surface area contributed by atoms with Gasteiger partial charge in [-0.3, -0.25) is 4.79 Å². The lowest BCUT2D eigenvalue weighted by atomic mass is 10.1. The predicted octanol–water partition coefficient (Wildman–Crippen LogP) is 2.25. The van der Waals surface area contributed by atoms with Gasteiger partial charge in [0, 0.05) is 31.7 Å². The number of carbonyl (C=O) groups excluding carboxylic acids is 1. The normalized spacial score (nSPS) is 16.4. The van der Waals surface area contributed by atoms with Gasteiger partial charge >= 0.3 is 12.0 Å². The fourth-order valence-corrected chi connectivity index (χ4v) is 2.84. The first-order valence-corrected chi connectivity index (χ1v) is 8.58. The summed E-state index contributed by atoms with van der Waals surface area (Å²) in [5.41, 5.74) is 0.920. The quantitative estimate of drug-likeness (QED) is 0.667. The summed E-state index contributed by atoms with van der Waals surface area (Å²) in [6.45, 7) is 1.98. The van der Waals surface area contributed by atoms with Gasteiger partial charge in [0.15, 0.2) is 0 Å². The van der Waals surface area contributed by atoms with Gasteiger partial charge in [0.1, 0.15) is 5.75 Å². The summed E-state index contributed by atoms with van der Waals surface area (Å²) in [5.74, 6) is -0.127. The van der Waals surface area contributed by atoms with Crippen LogP contribution in [0.15, 0.2) is 24.3 Å². The molecular formula is C18H26N2O5. The number of hydrogen-bond acceptors (Lipinski definition) is 4. The molecule has 1 unspecified atom stereocenters. The lowest BCUT2D eigenvalue weighted by Crippen LogP contribution is -2.43. The Morgan fingerprint density at radius 3 is 2.88 bits per heavy atom. The Balaban J connectivity index is 1.98. The molecule has 0 spiro atoms. The van der Waals surface area contributed by atoms with Gasteiger partial charge in [-0.15, -0.1) is 0 Å². The van der Waals surface area contributed by atoms with Crippen molar-refractivity contribution in [1.82, 2.24) is 10.2 Å². The van der Waals surface area contributed by atoms with Gasteiger partial charge < -0.3 is 24.8 Å². The molecule has 1 aliphatic heterocycles. The minimum Gasteiger partial charge on any atom is -0.496 e. The number of carboxylic acids is 1. The molecule has 7 nitrogen and oxygen atoms in total. The maximum Gasteiger partial charge on any atom is 0.317 e. The number of rotatable bonds is 9. The minimum atomic E-state index is -0.862. The summed E-state index contributed by atoms with van der Waals surface area (Å²) in [4.78, 5) is 24.8. The zero-order valence-corrected chi connectivity index (χ0v) is 14.6. The molecule has 1 fully saturated rings. The van der Waals surface area contributed by atoms with Crippen molar-refractivity contribution in [2.45, 2.75) is 38.3 Å². The third-order valence-corrected chi connectivity index (χ3v) is 4.13. The van der Waals surface area contributed by atoms with E-state index in [1.165, 1.54) is 0 Å². The van der Waals surface area contributed by atoms with Crippen LogP contribution in [0.2, 0.25) is 0 Å². The molecule has 2 rings (SSSR count).